The number of carbonyl (C=O) groups excluding carboxylic acids is 1. The van der Waals surface area contributed by atoms with Gasteiger partial charge in [0.25, 0.3) is 5.91 Å². The Kier molecular flexibility index (Phi) is 8.71. The molecule has 3 rings (SSSR count). The quantitative estimate of drug-likeness (QED) is 0.180. The number of benzene rings is 3. The zero-order chi connectivity index (χ0) is 22.9. The van der Waals surface area contributed by atoms with E-state index in [4.69, 9.17) is 9.47 Å². The number of ether oxygens (including phenoxy) is 2. The van der Waals surface area contributed by atoms with Crippen LogP contribution in [0.15, 0.2) is 76.8 Å². The summed E-state index contributed by atoms with van der Waals surface area (Å²) in [5.74, 6) is 0.917. The topological polar surface area (TPSA) is 71.3 Å². The first-order valence-electron chi connectivity index (χ1n) is 9.81. The predicted octanol–water partition coefficient (Wildman–Crippen LogP) is 6.58. The van der Waals surface area contributed by atoms with Crippen molar-refractivity contribution in [2.75, 3.05) is 11.9 Å². The fourth-order valence-corrected chi connectivity index (χ4v) is 3.65. The second-order valence-electron chi connectivity index (χ2n) is 6.69. The zero-order valence-corrected chi connectivity index (χ0v) is 21.0. The molecular weight excluding hydrogens is 583 g/mol. The molecule has 7 heteroatoms. The van der Waals surface area contributed by atoms with Crippen LogP contribution in [0.5, 0.6) is 11.5 Å². The summed E-state index contributed by atoms with van der Waals surface area (Å²) in [6, 6.07) is 22.5. The maximum absolute atomic E-state index is 12.5. The standard InChI is InChI=1S/C25H20BrIN2O3/c1-2-31-22-10-8-21(9-11-22)29-25(30)19(15-28)13-18-5-12-24(23(26)14-18)32-16-17-3-6-20(27)7-4-17/h3-14H,2,16H2,1H3,(H,29,30)/b19-13-. The third-order valence-electron chi connectivity index (χ3n) is 4.36. The van der Waals surface area contributed by atoms with Crippen molar-refractivity contribution in [1.29, 1.82) is 5.26 Å². The Balaban J connectivity index is 1.66. The van der Waals surface area contributed by atoms with Gasteiger partial charge in [-0.15, -0.1) is 0 Å². The van der Waals surface area contributed by atoms with Crippen molar-refractivity contribution < 1.29 is 14.3 Å². The minimum atomic E-state index is -0.480. The van der Waals surface area contributed by atoms with E-state index in [9.17, 15) is 10.1 Å². The molecule has 0 spiro atoms. The van der Waals surface area contributed by atoms with Gasteiger partial charge in [0, 0.05) is 9.26 Å². The predicted molar refractivity (Wildman–Crippen MR) is 137 cm³/mol. The lowest BCUT2D eigenvalue weighted by molar-refractivity contribution is -0.112. The van der Waals surface area contributed by atoms with Crippen LogP contribution in [0.1, 0.15) is 18.1 Å². The molecule has 0 heterocycles. The highest BCUT2D eigenvalue weighted by Crippen LogP contribution is 2.28. The maximum atomic E-state index is 12.5. The van der Waals surface area contributed by atoms with Gasteiger partial charge >= 0.3 is 0 Å². The number of hydrogen-bond acceptors (Lipinski definition) is 4. The maximum Gasteiger partial charge on any atom is 0.266 e. The van der Waals surface area contributed by atoms with Crippen LogP contribution in [0, 0.1) is 14.9 Å². The van der Waals surface area contributed by atoms with Gasteiger partial charge in [0.1, 0.15) is 29.7 Å². The van der Waals surface area contributed by atoms with Crippen molar-refractivity contribution in [2.45, 2.75) is 13.5 Å². The summed E-state index contributed by atoms with van der Waals surface area (Å²) < 4.78 is 13.2. The van der Waals surface area contributed by atoms with Crippen LogP contribution >= 0.6 is 38.5 Å². The monoisotopic (exact) mass is 602 g/mol. The Morgan fingerprint density at radius 3 is 2.44 bits per heavy atom. The smallest absolute Gasteiger partial charge is 0.266 e. The summed E-state index contributed by atoms with van der Waals surface area (Å²) in [4.78, 5) is 12.5. The number of nitrogens with one attached hydrogen (secondary N) is 1. The summed E-state index contributed by atoms with van der Waals surface area (Å²) in [5.41, 5.74) is 2.36. The van der Waals surface area contributed by atoms with E-state index in [1.54, 1.807) is 30.3 Å². The summed E-state index contributed by atoms with van der Waals surface area (Å²) >= 11 is 5.77. The highest BCUT2D eigenvalue weighted by molar-refractivity contribution is 14.1. The number of carbonyl (C=O) groups is 1. The van der Waals surface area contributed by atoms with E-state index < -0.39 is 5.91 Å². The lowest BCUT2D eigenvalue weighted by Crippen LogP contribution is -2.13. The SMILES string of the molecule is CCOc1ccc(NC(=O)/C(C#N)=C\c2ccc(OCc3ccc(I)cc3)c(Br)c2)cc1. The van der Waals surface area contributed by atoms with Crippen molar-refractivity contribution in [3.63, 3.8) is 0 Å². The largest absolute Gasteiger partial charge is 0.494 e. The van der Waals surface area contributed by atoms with Gasteiger partial charge in [-0.2, -0.15) is 5.26 Å². The highest BCUT2D eigenvalue weighted by atomic mass is 127. The van der Waals surface area contributed by atoms with Crippen LogP contribution in [0.25, 0.3) is 6.08 Å². The lowest BCUT2D eigenvalue weighted by atomic mass is 10.1. The second kappa shape index (κ2) is 11.7. The van der Waals surface area contributed by atoms with E-state index >= 15 is 0 Å². The Bertz CT molecular complexity index is 1150. The molecule has 32 heavy (non-hydrogen) atoms. The first kappa shape index (κ1) is 23.8. The minimum Gasteiger partial charge on any atom is -0.494 e. The van der Waals surface area contributed by atoms with E-state index in [1.165, 1.54) is 9.65 Å². The molecule has 0 bridgehead atoms. The van der Waals surface area contributed by atoms with Crippen molar-refractivity contribution in [1.82, 2.24) is 0 Å². The van der Waals surface area contributed by atoms with Gasteiger partial charge in [-0.3, -0.25) is 4.79 Å². The number of halogens is 2. The Hall–Kier alpha value is -2.83. The first-order chi connectivity index (χ1) is 15.5. The Labute approximate surface area is 209 Å². The van der Waals surface area contributed by atoms with Gasteiger partial charge in [0.05, 0.1) is 11.1 Å². The number of amides is 1. The van der Waals surface area contributed by atoms with E-state index in [2.05, 4.69) is 43.8 Å². The number of hydrogen-bond donors (Lipinski definition) is 1. The molecule has 5 nitrogen and oxygen atoms in total. The van der Waals surface area contributed by atoms with Crippen LogP contribution in [-0.4, -0.2) is 12.5 Å². The molecule has 0 aliphatic rings. The average molecular weight is 603 g/mol. The molecule has 0 atom stereocenters. The first-order valence-corrected chi connectivity index (χ1v) is 11.7. The van der Waals surface area contributed by atoms with Crippen molar-refractivity contribution >= 4 is 56.2 Å². The van der Waals surface area contributed by atoms with Crippen molar-refractivity contribution in [2.24, 2.45) is 0 Å². The molecule has 0 saturated carbocycles. The van der Waals surface area contributed by atoms with Gasteiger partial charge in [-0.1, -0.05) is 18.2 Å². The molecule has 162 valence electrons. The van der Waals surface area contributed by atoms with Crippen molar-refractivity contribution in [3.8, 4) is 17.6 Å². The highest BCUT2D eigenvalue weighted by Gasteiger charge is 2.11. The van der Waals surface area contributed by atoms with E-state index in [1.807, 2.05) is 49.4 Å². The minimum absolute atomic E-state index is 0.00154. The van der Waals surface area contributed by atoms with Crippen LogP contribution < -0.4 is 14.8 Å². The van der Waals surface area contributed by atoms with Crippen LogP contribution in [0.2, 0.25) is 0 Å². The number of anilines is 1. The summed E-state index contributed by atoms with van der Waals surface area (Å²) in [7, 11) is 0. The molecule has 3 aromatic carbocycles. The molecule has 0 fully saturated rings. The fraction of sp³-hybridized carbons (Fsp3) is 0.120. The molecule has 1 amide bonds. The lowest BCUT2D eigenvalue weighted by Gasteiger charge is -2.09. The second-order valence-corrected chi connectivity index (χ2v) is 8.79. The Morgan fingerprint density at radius 1 is 1.09 bits per heavy atom. The van der Waals surface area contributed by atoms with Crippen molar-refractivity contribution in [3.05, 3.63) is 91.5 Å². The van der Waals surface area contributed by atoms with Crippen LogP contribution in [0.4, 0.5) is 5.69 Å². The van der Waals surface area contributed by atoms with E-state index in [-0.39, 0.29) is 5.57 Å². The molecule has 0 saturated heterocycles. The molecule has 0 aliphatic heterocycles. The van der Waals surface area contributed by atoms with Gasteiger partial charge in [0.15, 0.2) is 0 Å². The van der Waals surface area contributed by atoms with Gasteiger partial charge in [-0.05, 0) is 111 Å². The van der Waals surface area contributed by atoms with Gasteiger partial charge < -0.3 is 14.8 Å². The number of nitriles is 1. The van der Waals surface area contributed by atoms with Crippen LogP contribution in [-0.2, 0) is 11.4 Å². The third-order valence-corrected chi connectivity index (χ3v) is 5.70. The number of nitrogens with zero attached hydrogens (tertiary/aromatic N) is 1. The van der Waals surface area contributed by atoms with Crippen LogP contribution in [0.3, 0.4) is 0 Å². The summed E-state index contributed by atoms with van der Waals surface area (Å²) in [6.07, 6.45) is 1.54. The third kappa shape index (κ3) is 6.84. The molecular formula is C25H20BrIN2O3. The molecule has 3 aromatic rings. The molecule has 1 N–H and O–H groups in total. The van der Waals surface area contributed by atoms with Gasteiger partial charge in [0.2, 0.25) is 0 Å². The molecule has 0 aliphatic carbocycles. The normalized spacial score (nSPS) is 10.9. The van der Waals surface area contributed by atoms with Gasteiger partial charge in [-0.25, -0.2) is 0 Å². The zero-order valence-electron chi connectivity index (χ0n) is 17.3. The fourth-order valence-electron chi connectivity index (χ4n) is 2.78. The Morgan fingerprint density at radius 2 is 1.81 bits per heavy atom. The van der Waals surface area contributed by atoms with E-state index in [0.29, 0.717) is 30.2 Å². The summed E-state index contributed by atoms with van der Waals surface area (Å²) in [6.45, 7) is 2.91. The van der Waals surface area contributed by atoms with E-state index in [0.717, 1.165) is 15.8 Å². The average Bonchev–Trinajstić information content (AvgIpc) is 2.79. The molecule has 0 radical (unpaired) electrons. The summed E-state index contributed by atoms with van der Waals surface area (Å²) in [5, 5.41) is 12.2. The molecule has 0 aromatic heterocycles. The number of rotatable bonds is 8. The molecule has 0 unspecified atom stereocenters.